The number of hydrogen-bond donors (Lipinski definition) is 8. The molecule has 0 amide bonds. The molecule has 0 bridgehead atoms. The van der Waals surface area contributed by atoms with Crippen molar-refractivity contribution in [3.8, 4) is 0 Å². The molecule has 0 spiro atoms. The predicted octanol–water partition coefficient (Wildman–Crippen LogP) is 0.758. The van der Waals surface area contributed by atoms with Crippen LogP contribution < -0.4 is 26.8 Å². The lowest BCUT2D eigenvalue weighted by Crippen LogP contribution is -2.11. The van der Waals surface area contributed by atoms with E-state index in [1.807, 2.05) is 13.8 Å². The largest absolute Gasteiger partial charge is 0.427 e. The predicted molar refractivity (Wildman–Crippen MR) is 198 cm³/mol. The lowest BCUT2D eigenvalue weighted by Gasteiger charge is -1.89. The zero-order valence-corrected chi connectivity index (χ0v) is 33.2. The van der Waals surface area contributed by atoms with Crippen molar-refractivity contribution >= 4 is 28.6 Å². The molecule has 1 aliphatic heterocycles. The van der Waals surface area contributed by atoms with Gasteiger partial charge in [-0.15, -0.1) is 24.5 Å². The monoisotopic (exact) mass is 827 g/mol. The van der Waals surface area contributed by atoms with Gasteiger partial charge in [-0.2, -0.15) is 19.4 Å². The first-order chi connectivity index (χ1) is 26.4. The van der Waals surface area contributed by atoms with Gasteiger partial charge in [0.2, 0.25) is 5.69 Å². The molecule has 0 saturated carbocycles. The van der Waals surface area contributed by atoms with Crippen LogP contribution in [0.25, 0.3) is 0 Å². The zero-order chi connectivity index (χ0) is 42.2. The van der Waals surface area contributed by atoms with E-state index in [1.165, 1.54) is 36.3 Å². The number of aromatic amines is 5. The molecule has 1 atom stereocenters. The molecular weight excluding hydrogens is 785 g/mol. The van der Waals surface area contributed by atoms with Gasteiger partial charge in [0.05, 0.1) is 23.8 Å². The van der Waals surface area contributed by atoms with Crippen LogP contribution in [0.1, 0.15) is 46.2 Å². The van der Waals surface area contributed by atoms with Crippen LogP contribution in [0.3, 0.4) is 0 Å². The Kier molecular flexibility index (Phi) is 21.1. The first-order valence-electron chi connectivity index (χ1n) is 15.5. The Bertz CT molecular complexity index is 2250. The molecule has 0 radical (unpaired) electrons. The van der Waals surface area contributed by atoms with Crippen LogP contribution >= 0.6 is 11.5 Å². The number of nitrogens with one attached hydrogen (secondary N) is 6. The lowest BCUT2D eigenvalue weighted by atomic mass is 10.5. The van der Waals surface area contributed by atoms with E-state index in [9.17, 15) is 23.5 Å². The Balaban J connectivity index is 0.000000320. The normalized spacial score (nSPS) is 11.8. The standard InChI is InChI=1S/C5H8N2O.2C4H6N2O.C4H5NO2.C4H5NOS.C3H5N2O2.C2H4N4.C2H4N2O2S/c1-4-3-5(8)6-7(4)2;1-4-2-5-3-6(4)7;1-4-2-3-5-6(4)7;2*1-3-2-4(6)5-7-3;1-3-2-4-7-5(3)6;1-2-3-5-6-4-2;1-2-3-6-7(5)4-2/h3H,1-2H3,(H,6,8);2*2-3,7H,1H3;2*2H,1H3,(H,5,6);2,4H,1H3;1H3,(H,3,4,5,6);1H3,(H,3,4)/q;;;;;+1;;. The number of tetrazole rings is 1. The molecule has 0 aliphatic carbocycles. The maximum Gasteiger partial charge on any atom is 0.309 e. The Hall–Kier alpha value is -6.94. The highest BCUT2D eigenvalue weighted by atomic mass is 32.2. The average Bonchev–Trinajstić information content (AvgIpc) is 4.03. The zero-order valence-electron chi connectivity index (χ0n) is 31.6. The summed E-state index contributed by atoms with van der Waals surface area (Å²) in [5.74, 6) is 1.85. The SMILES string of the molecule is CC1=NS(=O)ON1.Cc1c[nH]o[n+]1=O.Cc1cc(=O)[nH]n1C.Cc1cc(=O)[nH]o1.Cc1cc(=O)[nH]s1.Cc1ccnn1O.Cc1cncn1O.Cc1nn[nH]n1. The summed E-state index contributed by atoms with van der Waals surface area (Å²) in [5.41, 5.74) is 5.08. The first kappa shape index (κ1) is 47.1. The molecule has 7 aromatic heterocycles. The number of aromatic nitrogens is 14. The summed E-state index contributed by atoms with van der Waals surface area (Å²) in [6.07, 6.45) is 5.94. The number of imidazole rings is 1. The van der Waals surface area contributed by atoms with Crippen LogP contribution in [0, 0.1) is 53.4 Å². The fraction of sp³-hybridized carbons (Fsp3) is 0.321. The molecule has 8 N–H and O–H groups in total. The quantitative estimate of drug-likeness (QED) is 0.0978. The molecule has 8 heterocycles. The van der Waals surface area contributed by atoms with Gasteiger partial charge in [-0.3, -0.25) is 28.5 Å². The third-order valence-electron chi connectivity index (χ3n) is 5.66. The van der Waals surface area contributed by atoms with Gasteiger partial charge >= 0.3 is 11.3 Å². The van der Waals surface area contributed by atoms with Gasteiger partial charge in [-0.25, -0.2) is 14.7 Å². The molecule has 306 valence electrons. The van der Waals surface area contributed by atoms with Gasteiger partial charge < -0.3 is 14.9 Å². The molecule has 0 fully saturated rings. The average molecular weight is 828 g/mol. The fourth-order valence-electron chi connectivity index (χ4n) is 2.78. The van der Waals surface area contributed by atoms with E-state index in [0.29, 0.717) is 27.7 Å². The molecule has 28 heteroatoms. The van der Waals surface area contributed by atoms with E-state index in [4.69, 9.17) is 10.4 Å². The van der Waals surface area contributed by atoms with Crippen LogP contribution in [0.2, 0.25) is 0 Å². The molecule has 7 aromatic rings. The van der Waals surface area contributed by atoms with E-state index in [2.05, 4.69) is 73.8 Å². The summed E-state index contributed by atoms with van der Waals surface area (Å²) in [4.78, 5) is 46.5. The summed E-state index contributed by atoms with van der Waals surface area (Å²) < 4.78 is 32.2. The maximum absolute atomic E-state index is 10.4. The second-order valence-corrected chi connectivity index (χ2v) is 12.3. The van der Waals surface area contributed by atoms with E-state index in [0.717, 1.165) is 31.5 Å². The van der Waals surface area contributed by atoms with Gasteiger partial charge in [0, 0.05) is 42.7 Å². The number of aryl methyl sites for hydroxylation is 8. The number of amidine groups is 1. The van der Waals surface area contributed by atoms with Crippen LogP contribution in [-0.4, -0.2) is 85.2 Å². The molecule has 1 unspecified atom stereocenters. The van der Waals surface area contributed by atoms with Gasteiger partial charge in [0.15, 0.2) is 16.6 Å². The number of nitrogens with zero attached hydrogens (tertiary/aromatic N) is 10. The highest BCUT2D eigenvalue weighted by Crippen LogP contribution is 1.94. The Morgan fingerprint density at radius 2 is 1.64 bits per heavy atom. The highest BCUT2D eigenvalue weighted by molar-refractivity contribution is 7.79. The van der Waals surface area contributed by atoms with Gasteiger partial charge in [-0.05, 0) is 59.4 Å². The third-order valence-corrected chi connectivity index (χ3v) is 7.05. The van der Waals surface area contributed by atoms with Crippen molar-refractivity contribution in [2.45, 2.75) is 55.4 Å². The first-order valence-corrected chi connectivity index (χ1v) is 17.3. The smallest absolute Gasteiger partial charge is 0.309 e. The summed E-state index contributed by atoms with van der Waals surface area (Å²) in [6, 6.07) is 6.24. The maximum atomic E-state index is 10.4. The number of H-pyrrole nitrogens is 5. The molecule has 0 aromatic carbocycles. The Morgan fingerprint density at radius 3 is 1.79 bits per heavy atom. The molecular formula is C28H43N16O10S2+. The minimum absolute atomic E-state index is 0.00231. The number of rotatable bonds is 0. The minimum atomic E-state index is -1.48. The van der Waals surface area contributed by atoms with Gasteiger partial charge in [0.25, 0.3) is 16.7 Å². The van der Waals surface area contributed by atoms with Crippen molar-refractivity contribution < 1.29 is 32.7 Å². The molecule has 0 saturated heterocycles. The highest BCUT2D eigenvalue weighted by Gasteiger charge is 2.06. The van der Waals surface area contributed by atoms with E-state index in [1.54, 1.807) is 77.7 Å². The van der Waals surface area contributed by atoms with E-state index < -0.39 is 11.3 Å². The summed E-state index contributed by atoms with van der Waals surface area (Å²) in [7, 11) is 1.80. The molecule has 26 nitrogen and oxygen atoms in total. The van der Waals surface area contributed by atoms with Crippen LogP contribution in [0.4, 0.5) is 0 Å². The molecule has 8 rings (SSSR count). The van der Waals surface area contributed by atoms with Crippen LogP contribution in [0.5, 0.6) is 0 Å². The van der Waals surface area contributed by atoms with Crippen molar-refractivity contribution in [1.82, 2.24) is 70.2 Å². The molecule has 1 aliphatic rings. The Labute approximate surface area is 322 Å². The van der Waals surface area contributed by atoms with Crippen molar-refractivity contribution in [3.63, 3.8) is 0 Å². The van der Waals surface area contributed by atoms with E-state index >= 15 is 0 Å². The number of hydrogen-bond acceptors (Lipinski definition) is 17. The van der Waals surface area contributed by atoms with E-state index in [-0.39, 0.29) is 16.7 Å². The fourth-order valence-corrected chi connectivity index (χ4v) is 3.76. The number of hydroxylamine groups is 1. The second kappa shape index (κ2) is 25.1. The third kappa shape index (κ3) is 20.9. The lowest BCUT2D eigenvalue weighted by molar-refractivity contribution is -0.718. The Morgan fingerprint density at radius 1 is 0.929 bits per heavy atom. The summed E-state index contributed by atoms with van der Waals surface area (Å²) >= 11 is -0.109. The van der Waals surface area contributed by atoms with Crippen LogP contribution in [0.15, 0.2) is 77.1 Å². The van der Waals surface area contributed by atoms with Crippen molar-refractivity contribution in [2.75, 3.05) is 0 Å². The van der Waals surface area contributed by atoms with Gasteiger partial charge in [0.1, 0.15) is 17.9 Å². The minimum Gasteiger partial charge on any atom is -0.427 e. The summed E-state index contributed by atoms with van der Waals surface area (Å²) in [5, 5.41) is 40.4. The second-order valence-electron chi connectivity index (χ2n) is 10.5. The topological polar surface area (TPSA) is 350 Å². The van der Waals surface area contributed by atoms with Gasteiger partial charge in [-0.1, -0.05) is 26.5 Å². The van der Waals surface area contributed by atoms with Crippen molar-refractivity contribution in [3.05, 3.63) is 124 Å². The molecule has 56 heavy (non-hydrogen) atoms. The van der Waals surface area contributed by atoms with Crippen molar-refractivity contribution in [2.24, 2.45) is 11.4 Å². The van der Waals surface area contributed by atoms with Crippen LogP contribution in [-0.2, 0) is 22.6 Å². The summed E-state index contributed by atoms with van der Waals surface area (Å²) in [6.45, 7) is 14.1. The van der Waals surface area contributed by atoms with Crippen molar-refractivity contribution in [1.29, 1.82) is 0 Å².